The van der Waals surface area contributed by atoms with Gasteiger partial charge in [0.15, 0.2) is 11.6 Å². The first kappa shape index (κ1) is 18.9. The van der Waals surface area contributed by atoms with Crippen LogP contribution < -0.4 is 15.8 Å². The molecule has 1 saturated heterocycles. The van der Waals surface area contributed by atoms with E-state index in [1.165, 1.54) is 24.5 Å². The number of hydrogen-bond acceptors (Lipinski definition) is 4. The monoisotopic (exact) mass is 351 g/mol. The molecule has 0 aromatic heterocycles. The van der Waals surface area contributed by atoms with Gasteiger partial charge < -0.3 is 15.8 Å². The smallest absolute Gasteiger partial charge is 0.251 e. The van der Waals surface area contributed by atoms with E-state index < -0.39 is 11.5 Å². The van der Waals surface area contributed by atoms with E-state index >= 15 is 0 Å². The zero-order valence-corrected chi connectivity index (χ0v) is 14.0. The van der Waals surface area contributed by atoms with E-state index in [2.05, 4.69) is 11.9 Å². The van der Waals surface area contributed by atoms with Crippen LogP contribution in [0.2, 0.25) is 0 Å². The molecular weight excluding hydrogens is 328 g/mol. The second-order valence-corrected chi connectivity index (χ2v) is 6.08. The largest absolute Gasteiger partial charge is 0.487 e. The molecule has 1 aromatic rings. The molecule has 0 bridgehead atoms. The molecule has 25 heavy (non-hydrogen) atoms. The van der Waals surface area contributed by atoms with Gasteiger partial charge in [0.05, 0.1) is 0 Å². The second kappa shape index (κ2) is 8.62. The topological polar surface area (TPSA) is 67.6 Å². The Balaban J connectivity index is 1.79. The zero-order chi connectivity index (χ0) is 18.3. The summed E-state index contributed by atoms with van der Waals surface area (Å²) in [6.45, 7) is 4.84. The van der Waals surface area contributed by atoms with Crippen LogP contribution in [0.25, 0.3) is 0 Å². The zero-order valence-electron chi connectivity index (χ0n) is 14.0. The van der Waals surface area contributed by atoms with Gasteiger partial charge in [-0.1, -0.05) is 18.7 Å². The Kier molecular flexibility index (Phi) is 6.52. The maximum atomic E-state index is 14.8. The van der Waals surface area contributed by atoms with E-state index in [-0.39, 0.29) is 31.1 Å². The molecule has 0 radical (unpaired) electrons. The third kappa shape index (κ3) is 5.56. The van der Waals surface area contributed by atoms with Gasteiger partial charge in [-0.3, -0.25) is 9.69 Å². The number of nitrogens with two attached hydrogens (primary N) is 1. The number of rotatable bonds is 7. The Bertz CT molecular complexity index is 641. The average molecular weight is 351 g/mol. The molecule has 2 rings (SSSR count). The summed E-state index contributed by atoms with van der Waals surface area (Å²) in [6.07, 6.45) is 3.05. The molecule has 7 heteroatoms. The number of nitrogens with zero attached hydrogens (tertiary/aromatic N) is 1. The molecule has 0 atom stereocenters. The standard InChI is InChI=1S/C18H23F2N3O2/c1-14(17(24)22-9-8-21)12-23-10-6-18(20,7-11-23)13-25-16-5-3-2-4-15(16)19/h2-5,8-9H,1,6-7,10-13,21H2,(H,22,24)/b9-8-. The fourth-order valence-electron chi connectivity index (χ4n) is 2.59. The predicted molar refractivity (Wildman–Crippen MR) is 92.0 cm³/mol. The lowest BCUT2D eigenvalue weighted by Crippen LogP contribution is -2.46. The quantitative estimate of drug-likeness (QED) is 0.739. The molecule has 1 aliphatic rings. The Morgan fingerprint density at radius 1 is 1.40 bits per heavy atom. The third-order valence-electron chi connectivity index (χ3n) is 4.12. The maximum Gasteiger partial charge on any atom is 0.251 e. The second-order valence-electron chi connectivity index (χ2n) is 6.08. The first-order valence-corrected chi connectivity index (χ1v) is 8.07. The highest BCUT2D eigenvalue weighted by molar-refractivity contribution is 5.93. The summed E-state index contributed by atoms with van der Waals surface area (Å²) in [4.78, 5) is 13.7. The lowest BCUT2D eigenvalue weighted by atomic mass is 9.94. The summed E-state index contributed by atoms with van der Waals surface area (Å²) in [7, 11) is 0. The lowest BCUT2D eigenvalue weighted by Gasteiger charge is -2.36. The van der Waals surface area contributed by atoms with Gasteiger partial charge in [-0.05, 0) is 25.0 Å². The normalized spacial score (nSPS) is 17.4. The van der Waals surface area contributed by atoms with E-state index in [0.717, 1.165) is 0 Å². The molecule has 1 heterocycles. The Morgan fingerprint density at radius 3 is 2.72 bits per heavy atom. The average Bonchev–Trinajstić information content (AvgIpc) is 2.61. The minimum absolute atomic E-state index is 0.0555. The number of carbonyl (C=O) groups excluding carboxylic acids is 1. The molecule has 5 nitrogen and oxygen atoms in total. The molecule has 136 valence electrons. The van der Waals surface area contributed by atoms with Crippen molar-refractivity contribution in [1.82, 2.24) is 10.2 Å². The fourth-order valence-corrected chi connectivity index (χ4v) is 2.59. The van der Waals surface area contributed by atoms with Crippen LogP contribution in [0.15, 0.2) is 48.8 Å². The van der Waals surface area contributed by atoms with Crippen molar-refractivity contribution in [3.8, 4) is 5.75 Å². The Labute approximate surface area is 146 Å². The number of para-hydroxylation sites is 1. The summed E-state index contributed by atoms with van der Waals surface area (Å²) < 4.78 is 33.7. The number of nitrogens with one attached hydrogen (secondary N) is 1. The van der Waals surface area contributed by atoms with Crippen molar-refractivity contribution in [2.75, 3.05) is 26.2 Å². The van der Waals surface area contributed by atoms with Gasteiger partial charge in [0, 0.05) is 37.6 Å². The first-order valence-electron chi connectivity index (χ1n) is 8.07. The molecule has 0 unspecified atom stereocenters. The number of amides is 1. The third-order valence-corrected chi connectivity index (χ3v) is 4.12. The first-order chi connectivity index (χ1) is 11.9. The van der Waals surface area contributed by atoms with Crippen LogP contribution in [0.3, 0.4) is 0 Å². The van der Waals surface area contributed by atoms with Crippen molar-refractivity contribution >= 4 is 5.91 Å². The van der Waals surface area contributed by atoms with Crippen molar-refractivity contribution < 1.29 is 18.3 Å². The van der Waals surface area contributed by atoms with Crippen LogP contribution in [-0.2, 0) is 4.79 Å². The minimum atomic E-state index is -1.51. The van der Waals surface area contributed by atoms with Gasteiger partial charge in [0.1, 0.15) is 12.3 Å². The number of ether oxygens (including phenoxy) is 1. The number of benzene rings is 1. The molecule has 1 aromatic carbocycles. The summed E-state index contributed by atoms with van der Waals surface area (Å²) in [5.41, 5.74) is 4.03. The van der Waals surface area contributed by atoms with Gasteiger partial charge in [-0.2, -0.15) is 0 Å². The van der Waals surface area contributed by atoms with Crippen LogP contribution in [0.1, 0.15) is 12.8 Å². The lowest BCUT2D eigenvalue weighted by molar-refractivity contribution is -0.116. The van der Waals surface area contributed by atoms with E-state index in [9.17, 15) is 13.6 Å². The Hall–Kier alpha value is -2.41. The van der Waals surface area contributed by atoms with Gasteiger partial charge in [-0.25, -0.2) is 8.78 Å². The number of carbonyl (C=O) groups is 1. The number of likely N-dealkylation sites (tertiary alicyclic amines) is 1. The van der Waals surface area contributed by atoms with E-state index in [4.69, 9.17) is 10.5 Å². The van der Waals surface area contributed by atoms with Crippen LogP contribution in [0.5, 0.6) is 5.75 Å². The SMILES string of the molecule is C=C(CN1CCC(F)(COc2ccccc2F)CC1)C(=O)N/C=C\N. The molecule has 0 saturated carbocycles. The van der Waals surface area contributed by atoms with Crippen molar-refractivity contribution in [2.24, 2.45) is 5.73 Å². The number of piperidine rings is 1. The van der Waals surface area contributed by atoms with E-state index in [1.807, 2.05) is 4.90 Å². The summed E-state index contributed by atoms with van der Waals surface area (Å²) in [5, 5.41) is 2.48. The molecule has 1 fully saturated rings. The van der Waals surface area contributed by atoms with Gasteiger partial charge in [0.25, 0.3) is 5.91 Å². The van der Waals surface area contributed by atoms with Crippen LogP contribution >= 0.6 is 0 Å². The maximum absolute atomic E-state index is 14.8. The highest BCUT2D eigenvalue weighted by atomic mass is 19.1. The van der Waals surface area contributed by atoms with Crippen LogP contribution in [0.4, 0.5) is 8.78 Å². The predicted octanol–water partition coefficient (Wildman–Crippen LogP) is 2.11. The van der Waals surface area contributed by atoms with Crippen LogP contribution in [0, 0.1) is 5.82 Å². The van der Waals surface area contributed by atoms with Crippen molar-refractivity contribution in [2.45, 2.75) is 18.5 Å². The van der Waals surface area contributed by atoms with Gasteiger partial charge >= 0.3 is 0 Å². The molecule has 1 aliphatic heterocycles. The highest BCUT2D eigenvalue weighted by Gasteiger charge is 2.36. The van der Waals surface area contributed by atoms with Crippen molar-refractivity contribution in [3.05, 3.63) is 54.6 Å². The van der Waals surface area contributed by atoms with Gasteiger partial charge in [-0.15, -0.1) is 0 Å². The molecular formula is C18H23F2N3O2. The summed E-state index contributed by atoms with van der Waals surface area (Å²) in [5.74, 6) is -0.765. The number of hydrogen-bond donors (Lipinski definition) is 2. The van der Waals surface area contributed by atoms with Crippen molar-refractivity contribution in [1.29, 1.82) is 0 Å². The number of alkyl halides is 1. The summed E-state index contributed by atoms with van der Waals surface area (Å²) >= 11 is 0. The number of halogens is 2. The fraction of sp³-hybridized carbons (Fsp3) is 0.389. The summed E-state index contributed by atoms with van der Waals surface area (Å²) in [6, 6.07) is 5.95. The minimum Gasteiger partial charge on any atom is -0.487 e. The molecule has 3 N–H and O–H groups in total. The van der Waals surface area contributed by atoms with E-state index in [1.54, 1.807) is 12.1 Å². The van der Waals surface area contributed by atoms with Crippen molar-refractivity contribution in [3.63, 3.8) is 0 Å². The molecule has 1 amide bonds. The Morgan fingerprint density at radius 2 is 2.08 bits per heavy atom. The van der Waals surface area contributed by atoms with Gasteiger partial charge in [0.2, 0.25) is 0 Å². The van der Waals surface area contributed by atoms with Crippen LogP contribution in [-0.4, -0.2) is 42.7 Å². The van der Waals surface area contributed by atoms with E-state index in [0.29, 0.717) is 25.2 Å². The molecule has 0 spiro atoms. The highest BCUT2D eigenvalue weighted by Crippen LogP contribution is 2.28. The molecule has 0 aliphatic carbocycles.